The van der Waals surface area contributed by atoms with Gasteiger partial charge in [-0.05, 0) is 112 Å². The molecule has 6 aromatic rings. The van der Waals surface area contributed by atoms with E-state index in [4.69, 9.17) is 16.3 Å². The smallest absolute Gasteiger partial charge is 0.416 e. The number of halogens is 4. The molecule has 1 N–H and O–H groups in total. The van der Waals surface area contributed by atoms with Crippen molar-refractivity contribution in [2.45, 2.75) is 43.7 Å². The van der Waals surface area contributed by atoms with Crippen LogP contribution in [0.3, 0.4) is 0 Å². The minimum absolute atomic E-state index is 0.0474. The minimum Gasteiger partial charge on any atom is -0.457 e. The van der Waals surface area contributed by atoms with Crippen molar-refractivity contribution in [2.24, 2.45) is 0 Å². The van der Waals surface area contributed by atoms with Gasteiger partial charge in [-0.3, -0.25) is 9.59 Å². The van der Waals surface area contributed by atoms with E-state index in [9.17, 15) is 22.8 Å². The molecule has 0 spiro atoms. The van der Waals surface area contributed by atoms with Crippen LogP contribution >= 0.6 is 23.4 Å². The Morgan fingerprint density at radius 1 is 0.714 bits per heavy atom. The van der Waals surface area contributed by atoms with Crippen LogP contribution in [0.25, 0.3) is 16.8 Å². The van der Waals surface area contributed by atoms with Crippen molar-refractivity contribution < 1.29 is 17.9 Å². The molecule has 250 valence electrons. The molecule has 0 unspecified atom stereocenters. The first-order chi connectivity index (χ1) is 23.3. The van der Waals surface area contributed by atoms with Crippen molar-refractivity contribution in [3.05, 3.63) is 169 Å². The number of benzene rings is 4. The number of ether oxygens (including phenoxy) is 1. The second-order valence-electron chi connectivity index (χ2n) is 11.3. The highest BCUT2D eigenvalue weighted by atomic mass is 35.5. The Labute approximate surface area is 291 Å². The maximum Gasteiger partial charge on any atom is 0.416 e. The average molecular weight is 701 g/mol. The van der Waals surface area contributed by atoms with E-state index in [-0.39, 0.29) is 16.6 Å². The SMILES string of the molecule is Cc1cc(=O)c(-c2ccc(Oc3cccc(C(F)(F)F)c3)cc2)c(C)[nH]1.Cc1cc(=O)cc(C)n1-c1ccc(Sc2ccc(Cl)cc2)cc1. The summed E-state index contributed by atoms with van der Waals surface area (Å²) in [6.45, 7) is 7.52. The van der Waals surface area contributed by atoms with Crippen molar-refractivity contribution in [1.29, 1.82) is 0 Å². The summed E-state index contributed by atoms with van der Waals surface area (Å²) in [5.74, 6) is 0.478. The Morgan fingerprint density at radius 3 is 1.88 bits per heavy atom. The van der Waals surface area contributed by atoms with Gasteiger partial charge in [0.1, 0.15) is 11.5 Å². The largest absolute Gasteiger partial charge is 0.457 e. The number of hydrogen-bond acceptors (Lipinski definition) is 4. The molecule has 49 heavy (non-hydrogen) atoms. The van der Waals surface area contributed by atoms with E-state index in [1.807, 2.05) is 52.0 Å². The fourth-order valence-corrected chi connectivity index (χ4v) is 6.28. The Bertz CT molecular complexity index is 2170. The highest BCUT2D eigenvalue weighted by Gasteiger charge is 2.30. The molecule has 4 aromatic carbocycles. The van der Waals surface area contributed by atoms with Crippen molar-refractivity contribution in [3.8, 4) is 28.3 Å². The van der Waals surface area contributed by atoms with E-state index in [0.29, 0.717) is 16.9 Å². The molecule has 0 aliphatic carbocycles. The molecule has 0 fully saturated rings. The van der Waals surface area contributed by atoms with Gasteiger partial charge in [0.2, 0.25) is 0 Å². The van der Waals surface area contributed by atoms with Gasteiger partial charge >= 0.3 is 6.18 Å². The van der Waals surface area contributed by atoms with Crippen LogP contribution in [0, 0.1) is 27.7 Å². The van der Waals surface area contributed by atoms with Crippen LogP contribution in [-0.2, 0) is 6.18 Å². The molecule has 0 aliphatic rings. The van der Waals surface area contributed by atoms with Crippen molar-refractivity contribution in [1.82, 2.24) is 9.55 Å². The van der Waals surface area contributed by atoms with Crippen LogP contribution in [0.1, 0.15) is 28.3 Å². The van der Waals surface area contributed by atoms with E-state index >= 15 is 0 Å². The number of nitrogens with zero attached hydrogens (tertiary/aromatic N) is 1. The quantitative estimate of drug-likeness (QED) is 0.188. The van der Waals surface area contributed by atoms with Crippen LogP contribution in [0.2, 0.25) is 5.02 Å². The minimum atomic E-state index is -4.42. The normalized spacial score (nSPS) is 11.1. The lowest BCUT2D eigenvalue weighted by Gasteiger charge is -2.14. The summed E-state index contributed by atoms with van der Waals surface area (Å²) in [4.78, 5) is 29.2. The molecule has 0 aliphatic heterocycles. The Kier molecular flexibility index (Phi) is 10.9. The average Bonchev–Trinajstić information content (AvgIpc) is 3.03. The standard InChI is InChI=1S/C20H16F3NO2.C19H16ClNOS/c1-12-10-18(25)19(13(2)24-12)14-6-8-16(9-7-14)26-17-5-3-4-15(11-17)20(21,22)23;1-13-11-17(22)12-14(2)21(13)16-5-9-19(10-6-16)23-18-7-3-15(20)4-8-18/h3-11H,1-2H3,(H,24,25);3-12H,1-2H3. The van der Waals surface area contributed by atoms with Crippen LogP contribution < -0.4 is 15.6 Å². The maximum atomic E-state index is 12.8. The van der Waals surface area contributed by atoms with Gasteiger partial charge in [0.25, 0.3) is 0 Å². The van der Waals surface area contributed by atoms with E-state index in [0.717, 1.165) is 55.4 Å². The Morgan fingerprint density at radius 2 is 1.31 bits per heavy atom. The van der Waals surface area contributed by atoms with E-state index in [1.165, 1.54) is 18.2 Å². The molecule has 5 nitrogen and oxygen atoms in total. The topological polar surface area (TPSA) is 64.1 Å². The zero-order valence-corrected chi connectivity index (χ0v) is 28.6. The first-order valence-electron chi connectivity index (χ1n) is 15.2. The van der Waals surface area contributed by atoms with Gasteiger partial charge in [-0.2, -0.15) is 13.2 Å². The van der Waals surface area contributed by atoms with E-state index < -0.39 is 11.7 Å². The second-order valence-corrected chi connectivity index (χ2v) is 12.9. The van der Waals surface area contributed by atoms with Crippen LogP contribution in [0.4, 0.5) is 13.2 Å². The summed E-state index contributed by atoms with van der Waals surface area (Å²) in [5, 5.41) is 0.744. The number of rotatable bonds is 6. The predicted octanol–water partition coefficient (Wildman–Crippen LogP) is 10.7. The fourth-order valence-electron chi connectivity index (χ4n) is 5.34. The summed E-state index contributed by atoms with van der Waals surface area (Å²) < 4.78 is 45.9. The molecule has 6 rings (SSSR count). The number of alkyl halides is 3. The van der Waals surface area contributed by atoms with Gasteiger partial charge in [-0.15, -0.1) is 0 Å². The predicted molar refractivity (Wildman–Crippen MR) is 191 cm³/mol. The molecule has 10 heteroatoms. The molecule has 0 bridgehead atoms. The molecular weight excluding hydrogens is 669 g/mol. The summed E-state index contributed by atoms with van der Waals surface area (Å²) in [6.07, 6.45) is -4.42. The molecule has 0 amide bonds. The van der Waals surface area contributed by atoms with Crippen molar-refractivity contribution >= 4 is 23.4 Å². The molecular formula is C39H32ClF3N2O3S. The maximum absolute atomic E-state index is 12.8. The highest BCUT2D eigenvalue weighted by molar-refractivity contribution is 7.99. The first-order valence-corrected chi connectivity index (χ1v) is 16.4. The molecule has 2 aromatic heterocycles. The number of H-pyrrole nitrogens is 1. The number of aryl methyl sites for hydroxylation is 4. The van der Waals surface area contributed by atoms with Gasteiger partial charge < -0.3 is 14.3 Å². The van der Waals surface area contributed by atoms with Crippen LogP contribution in [0.5, 0.6) is 11.5 Å². The number of aromatic nitrogens is 2. The third kappa shape index (κ3) is 9.13. The summed E-state index contributed by atoms with van der Waals surface area (Å²) >= 11 is 7.60. The third-order valence-corrected chi connectivity index (χ3v) is 8.71. The lowest BCUT2D eigenvalue weighted by molar-refractivity contribution is -0.137. The third-order valence-electron chi connectivity index (χ3n) is 7.45. The highest BCUT2D eigenvalue weighted by Crippen LogP contribution is 2.33. The first kappa shape index (κ1) is 35.3. The van der Waals surface area contributed by atoms with Crippen LogP contribution in [-0.4, -0.2) is 9.55 Å². The fraction of sp³-hybridized carbons (Fsp3) is 0.128. The zero-order chi connectivity index (χ0) is 35.3. The molecule has 0 radical (unpaired) electrons. The van der Waals surface area contributed by atoms with Gasteiger partial charge in [-0.1, -0.05) is 41.6 Å². The van der Waals surface area contributed by atoms with Crippen LogP contribution in [0.15, 0.2) is 135 Å². The van der Waals surface area contributed by atoms with Crippen molar-refractivity contribution in [2.75, 3.05) is 0 Å². The lowest BCUT2D eigenvalue weighted by Crippen LogP contribution is -2.11. The number of nitrogens with one attached hydrogen (secondary N) is 1. The molecule has 0 saturated carbocycles. The number of pyridine rings is 2. The Hall–Kier alpha value is -4.99. The second kappa shape index (κ2) is 15.1. The van der Waals surface area contributed by atoms with Gasteiger partial charge in [0.05, 0.1) is 5.56 Å². The number of hydrogen-bond donors (Lipinski definition) is 1. The lowest BCUT2D eigenvalue weighted by atomic mass is 10.0. The van der Waals surface area contributed by atoms with Gasteiger partial charge in [0.15, 0.2) is 10.9 Å². The molecule has 0 atom stereocenters. The van der Waals surface area contributed by atoms with E-state index in [1.54, 1.807) is 48.2 Å². The molecule has 2 heterocycles. The molecule has 0 saturated heterocycles. The van der Waals surface area contributed by atoms with Gasteiger partial charge in [0, 0.05) is 67.0 Å². The Balaban J connectivity index is 0.000000192. The van der Waals surface area contributed by atoms with Gasteiger partial charge in [-0.25, -0.2) is 0 Å². The summed E-state index contributed by atoms with van der Waals surface area (Å²) in [5.41, 5.74) is 4.91. The van der Waals surface area contributed by atoms with E-state index in [2.05, 4.69) is 33.8 Å². The summed E-state index contributed by atoms with van der Waals surface area (Å²) in [7, 11) is 0. The summed E-state index contributed by atoms with van der Waals surface area (Å²) in [6, 6.07) is 32.3. The monoisotopic (exact) mass is 700 g/mol. The zero-order valence-electron chi connectivity index (χ0n) is 27.1. The number of aromatic amines is 1. The van der Waals surface area contributed by atoms with Crippen molar-refractivity contribution in [3.63, 3.8) is 0 Å².